The minimum absolute atomic E-state index is 0.153. The Balaban J connectivity index is 1.28. The molecule has 0 spiro atoms. The second-order valence-corrected chi connectivity index (χ2v) is 8.86. The molecule has 0 N–H and O–H groups in total. The molecule has 6 rings (SSSR count). The molecule has 2 aliphatic heterocycles. The van der Waals surface area contributed by atoms with Crippen LogP contribution in [0.4, 0.5) is 0 Å². The van der Waals surface area contributed by atoms with Crippen LogP contribution in [0.5, 0.6) is 11.5 Å². The summed E-state index contributed by atoms with van der Waals surface area (Å²) in [5, 5.41) is 7.18. The van der Waals surface area contributed by atoms with E-state index in [2.05, 4.69) is 78.7 Å². The topological polar surface area (TPSA) is 34.1 Å². The van der Waals surface area contributed by atoms with Crippen molar-refractivity contribution in [1.29, 1.82) is 0 Å². The van der Waals surface area contributed by atoms with Crippen LogP contribution in [0.1, 0.15) is 46.5 Å². The summed E-state index contributed by atoms with van der Waals surface area (Å²) in [6.07, 6.45) is 0.573. The van der Waals surface area contributed by atoms with Crippen LogP contribution < -0.4 is 9.47 Å². The van der Waals surface area contributed by atoms with Gasteiger partial charge in [0.25, 0.3) is 0 Å². The maximum absolute atomic E-state index is 6.48. The molecule has 0 radical (unpaired) electrons. The van der Waals surface area contributed by atoms with Gasteiger partial charge in [0, 0.05) is 17.5 Å². The summed E-state index contributed by atoms with van der Waals surface area (Å²) in [4.78, 5) is 0. The average molecular weight is 447 g/mol. The summed E-state index contributed by atoms with van der Waals surface area (Å²) in [6, 6.07) is 35.5. The van der Waals surface area contributed by atoms with Crippen LogP contribution in [-0.2, 0) is 6.61 Å². The third kappa shape index (κ3) is 3.92. The highest BCUT2D eigenvalue weighted by Crippen LogP contribution is 2.47. The fourth-order valence-corrected chi connectivity index (χ4v) is 4.64. The summed E-state index contributed by atoms with van der Waals surface area (Å²) < 4.78 is 12.5. The molecule has 4 aromatic carbocycles. The molecule has 0 saturated heterocycles. The molecule has 168 valence electrons. The van der Waals surface area contributed by atoms with Gasteiger partial charge < -0.3 is 9.47 Å². The maximum Gasteiger partial charge on any atom is 0.213 e. The van der Waals surface area contributed by atoms with Crippen molar-refractivity contribution < 1.29 is 9.47 Å². The number of nitrogens with zero attached hydrogens (tertiary/aromatic N) is 2. The standard InChI is InChI=1S/C30H26N2O2/c1-21-11-13-23(14-12-21)27-19-28-26-9-5-6-10-29(26)34-30(32(28)31-27)24-15-17-25(18-16-24)33-20-22-7-3-2-4-8-22/h2-18,28,30H,19-20H2,1H3/t28-,30-/m1/s1. The van der Waals surface area contributed by atoms with E-state index in [1.807, 2.05) is 36.4 Å². The summed E-state index contributed by atoms with van der Waals surface area (Å²) >= 11 is 0. The first-order chi connectivity index (χ1) is 16.7. The van der Waals surface area contributed by atoms with E-state index in [9.17, 15) is 0 Å². The van der Waals surface area contributed by atoms with Crippen molar-refractivity contribution in [1.82, 2.24) is 5.01 Å². The van der Waals surface area contributed by atoms with Crippen LogP contribution in [0.3, 0.4) is 0 Å². The van der Waals surface area contributed by atoms with Crippen molar-refractivity contribution in [2.75, 3.05) is 0 Å². The second-order valence-electron chi connectivity index (χ2n) is 8.86. The molecule has 2 aliphatic rings. The number of fused-ring (bicyclic) bond motifs is 3. The maximum atomic E-state index is 6.48. The number of hydrogen-bond acceptors (Lipinski definition) is 4. The Morgan fingerprint density at radius 3 is 2.38 bits per heavy atom. The van der Waals surface area contributed by atoms with E-state index in [0.29, 0.717) is 6.61 Å². The Hall–Kier alpha value is -4.05. The molecule has 0 aliphatic carbocycles. The average Bonchev–Trinajstić information content (AvgIpc) is 3.34. The molecule has 34 heavy (non-hydrogen) atoms. The number of rotatable bonds is 5. The quantitative estimate of drug-likeness (QED) is 0.337. The number of aryl methyl sites for hydroxylation is 1. The summed E-state index contributed by atoms with van der Waals surface area (Å²) in [7, 11) is 0. The molecule has 0 aromatic heterocycles. The van der Waals surface area contributed by atoms with Gasteiger partial charge in [-0.2, -0.15) is 5.10 Å². The number of ether oxygens (including phenoxy) is 2. The van der Waals surface area contributed by atoms with Crippen LogP contribution in [0, 0.1) is 6.92 Å². The molecule has 0 fully saturated rings. The lowest BCUT2D eigenvalue weighted by atomic mass is 9.95. The van der Waals surface area contributed by atoms with Crippen LogP contribution in [0.2, 0.25) is 0 Å². The van der Waals surface area contributed by atoms with Crippen LogP contribution in [0.15, 0.2) is 108 Å². The van der Waals surface area contributed by atoms with Crippen LogP contribution >= 0.6 is 0 Å². The predicted molar refractivity (Wildman–Crippen MR) is 134 cm³/mol. The van der Waals surface area contributed by atoms with Gasteiger partial charge in [-0.25, -0.2) is 5.01 Å². The van der Waals surface area contributed by atoms with E-state index in [4.69, 9.17) is 14.6 Å². The van der Waals surface area contributed by atoms with E-state index < -0.39 is 0 Å². The first kappa shape index (κ1) is 20.5. The Morgan fingerprint density at radius 2 is 1.59 bits per heavy atom. The van der Waals surface area contributed by atoms with Crippen LogP contribution in [-0.4, -0.2) is 10.7 Å². The minimum atomic E-state index is -0.286. The molecule has 0 bridgehead atoms. The van der Waals surface area contributed by atoms with Gasteiger partial charge in [-0.1, -0.05) is 78.4 Å². The van der Waals surface area contributed by atoms with Crippen molar-refractivity contribution >= 4 is 5.71 Å². The number of hydrazone groups is 1. The van der Waals surface area contributed by atoms with E-state index in [1.165, 1.54) is 16.7 Å². The SMILES string of the molecule is Cc1ccc(C2=NN3[C@H](C2)c2ccccc2O[C@@H]3c2ccc(OCc3ccccc3)cc2)cc1. The predicted octanol–water partition coefficient (Wildman–Crippen LogP) is 6.82. The fraction of sp³-hybridized carbons (Fsp3) is 0.167. The number of hydrogen-bond donors (Lipinski definition) is 0. The van der Waals surface area contributed by atoms with Crippen molar-refractivity contribution in [2.45, 2.75) is 32.2 Å². The largest absolute Gasteiger partial charge is 0.489 e. The summed E-state index contributed by atoms with van der Waals surface area (Å²) in [6.45, 7) is 2.66. The summed E-state index contributed by atoms with van der Waals surface area (Å²) in [5.74, 6) is 1.77. The molecule has 0 saturated carbocycles. The van der Waals surface area contributed by atoms with Gasteiger partial charge >= 0.3 is 0 Å². The first-order valence-corrected chi connectivity index (χ1v) is 11.7. The van der Waals surface area contributed by atoms with Crippen molar-refractivity contribution in [3.63, 3.8) is 0 Å². The number of benzene rings is 4. The third-order valence-corrected chi connectivity index (χ3v) is 6.50. The zero-order chi connectivity index (χ0) is 22.9. The van der Waals surface area contributed by atoms with Crippen molar-refractivity contribution in [2.24, 2.45) is 5.10 Å². The van der Waals surface area contributed by atoms with E-state index in [-0.39, 0.29) is 12.3 Å². The van der Waals surface area contributed by atoms with Gasteiger partial charge in [-0.15, -0.1) is 0 Å². The number of para-hydroxylation sites is 1. The normalized spacial score (nSPS) is 18.5. The van der Waals surface area contributed by atoms with Gasteiger partial charge in [0.2, 0.25) is 6.23 Å². The Morgan fingerprint density at radius 1 is 0.853 bits per heavy atom. The summed E-state index contributed by atoms with van der Waals surface area (Å²) in [5.41, 5.74) is 6.91. The van der Waals surface area contributed by atoms with Gasteiger partial charge in [0.1, 0.15) is 18.1 Å². The van der Waals surface area contributed by atoms with E-state index in [0.717, 1.165) is 34.8 Å². The monoisotopic (exact) mass is 446 g/mol. The smallest absolute Gasteiger partial charge is 0.213 e. The van der Waals surface area contributed by atoms with Crippen molar-refractivity contribution in [3.05, 3.63) is 131 Å². The molecule has 0 amide bonds. The molecule has 4 heteroatoms. The third-order valence-electron chi connectivity index (χ3n) is 6.50. The van der Waals surface area contributed by atoms with Gasteiger partial charge in [-0.05, 0) is 48.4 Å². The minimum Gasteiger partial charge on any atom is -0.489 e. The highest BCUT2D eigenvalue weighted by atomic mass is 16.5. The molecular weight excluding hydrogens is 420 g/mol. The fourth-order valence-electron chi connectivity index (χ4n) is 4.64. The van der Waals surface area contributed by atoms with Crippen molar-refractivity contribution in [3.8, 4) is 11.5 Å². The molecule has 4 nitrogen and oxygen atoms in total. The van der Waals surface area contributed by atoms with Gasteiger partial charge in [0.15, 0.2) is 0 Å². The lowest BCUT2D eigenvalue weighted by Gasteiger charge is -2.38. The Labute approximate surface area is 200 Å². The molecule has 2 atom stereocenters. The van der Waals surface area contributed by atoms with Gasteiger partial charge in [0.05, 0.1) is 11.8 Å². The highest BCUT2D eigenvalue weighted by molar-refractivity contribution is 6.02. The molecule has 4 aromatic rings. The van der Waals surface area contributed by atoms with E-state index in [1.54, 1.807) is 0 Å². The molecular formula is C30H26N2O2. The second kappa shape index (κ2) is 8.71. The Kier molecular flexibility index (Phi) is 5.27. The first-order valence-electron chi connectivity index (χ1n) is 11.7. The van der Waals surface area contributed by atoms with Gasteiger partial charge in [-0.3, -0.25) is 0 Å². The molecule has 2 heterocycles. The van der Waals surface area contributed by atoms with E-state index >= 15 is 0 Å². The highest BCUT2D eigenvalue weighted by Gasteiger charge is 2.40. The molecule has 0 unspecified atom stereocenters. The lowest BCUT2D eigenvalue weighted by molar-refractivity contribution is -0.0190. The lowest BCUT2D eigenvalue weighted by Crippen LogP contribution is -2.33. The zero-order valence-electron chi connectivity index (χ0n) is 19.1. The Bertz CT molecular complexity index is 1310. The zero-order valence-corrected chi connectivity index (χ0v) is 19.1. The van der Waals surface area contributed by atoms with Crippen LogP contribution in [0.25, 0.3) is 0 Å².